The van der Waals surface area contributed by atoms with Crippen LogP contribution in [0.25, 0.3) is 0 Å². The second-order valence-corrected chi connectivity index (χ2v) is 6.17. The summed E-state index contributed by atoms with van der Waals surface area (Å²) in [7, 11) is 1.66. The summed E-state index contributed by atoms with van der Waals surface area (Å²) in [5.74, 6) is -0.474. The molecule has 0 aliphatic heterocycles. The van der Waals surface area contributed by atoms with E-state index in [1.165, 1.54) is 17.0 Å². The van der Waals surface area contributed by atoms with Gasteiger partial charge in [-0.1, -0.05) is 18.6 Å². The fourth-order valence-electron chi connectivity index (χ4n) is 3.26. The van der Waals surface area contributed by atoms with E-state index < -0.39 is 5.41 Å². The average Bonchev–Trinajstić information content (AvgIpc) is 2.47. The third-order valence-electron chi connectivity index (χ3n) is 4.83. The topological polar surface area (TPSA) is 40.6 Å². The normalized spacial score (nSPS) is 15.7. The number of amides is 2. The van der Waals surface area contributed by atoms with Crippen molar-refractivity contribution in [3.05, 3.63) is 35.6 Å². The Balaban J connectivity index is 2.15. The van der Waals surface area contributed by atoms with Crippen LogP contribution in [0, 0.1) is 5.82 Å². The minimum atomic E-state index is -0.666. The van der Waals surface area contributed by atoms with E-state index >= 15 is 0 Å². The fourth-order valence-corrected chi connectivity index (χ4v) is 3.26. The summed E-state index contributed by atoms with van der Waals surface area (Å²) < 4.78 is 13.5. The molecular weight excluding hydrogens is 295 g/mol. The van der Waals surface area contributed by atoms with Gasteiger partial charge < -0.3 is 9.80 Å². The third kappa shape index (κ3) is 3.38. The first-order valence-electron chi connectivity index (χ1n) is 8.24. The lowest BCUT2D eigenvalue weighted by Crippen LogP contribution is -2.52. The molecular formula is C18H25FN2O2. The summed E-state index contributed by atoms with van der Waals surface area (Å²) >= 11 is 0. The second kappa shape index (κ2) is 7.11. The maximum absolute atomic E-state index is 13.5. The fraction of sp³-hybridized carbons (Fsp3) is 0.556. The summed E-state index contributed by atoms with van der Waals surface area (Å²) in [6.07, 6.45) is 2.36. The number of benzene rings is 1. The molecule has 4 nitrogen and oxygen atoms in total. The highest BCUT2D eigenvalue weighted by Crippen LogP contribution is 2.45. The van der Waals surface area contributed by atoms with Crippen molar-refractivity contribution < 1.29 is 14.0 Å². The molecule has 0 spiro atoms. The van der Waals surface area contributed by atoms with E-state index in [1.807, 2.05) is 13.8 Å². The van der Waals surface area contributed by atoms with Crippen LogP contribution in [0.15, 0.2) is 24.3 Å². The highest BCUT2D eigenvalue weighted by molar-refractivity contribution is 5.92. The minimum Gasteiger partial charge on any atom is -0.342 e. The van der Waals surface area contributed by atoms with Crippen LogP contribution in [0.1, 0.15) is 38.7 Å². The van der Waals surface area contributed by atoms with Crippen molar-refractivity contribution >= 4 is 11.8 Å². The third-order valence-corrected chi connectivity index (χ3v) is 4.83. The maximum atomic E-state index is 13.5. The zero-order valence-electron chi connectivity index (χ0n) is 14.1. The van der Waals surface area contributed by atoms with Crippen molar-refractivity contribution in [2.24, 2.45) is 0 Å². The molecule has 0 saturated heterocycles. The Hall–Kier alpha value is -1.91. The van der Waals surface area contributed by atoms with Gasteiger partial charge in [-0.2, -0.15) is 0 Å². The number of carbonyl (C=O) groups is 2. The number of rotatable bonds is 6. The molecule has 0 bridgehead atoms. The highest BCUT2D eigenvalue weighted by Gasteiger charge is 2.47. The van der Waals surface area contributed by atoms with E-state index in [0.29, 0.717) is 25.9 Å². The summed E-state index contributed by atoms with van der Waals surface area (Å²) in [6, 6.07) is 6.27. The number of carbonyl (C=O) groups excluding carboxylic acids is 2. The Morgan fingerprint density at radius 1 is 1.22 bits per heavy atom. The molecule has 1 aromatic carbocycles. The van der Waals surface area contributed by atoms with Gasteiger partial charge in [0.1, 0.15) is 5.82 Å². The molecule has 0 unspecified atom stereocenters. The molecule has 0 N–H and O–H groups in total. The van der Waals surface area contributed by atoms with E-state index in [9.17, 15) is 14.0 Å². The SMILES string of the molecule is CCN(CC)C(=O)CN(C)C(=O)C1(c2cccc(F)c2)CCC1. The van der Waals surface area contributed by atoms with Crippen LogP contribution in [0.3, 0.4) is 0 Å². The van der Waals surface area contributed by atoms with Crippen molar-refractivity contribution in [1.29, 1.82) is 0 Å². The van der Waals surface area contributed by atoms with E-state index in [1.54, 1.807) is 24.1 Å². The largest absolute Gasteiger partial charge is 0.342 e. The van der Waals surface area contributed by atoms with Gasteiger partial charge in [0, 0.05) is 20.1 Å². The van der Waals surface area contributed by atoms with Crippen LogP contribution < -0.4 is 0 Å². The lowest BCUT2D eigenvalue weighted by atomic mass is 9.63. The summed E-state index contributed by atoms with van der Waals surface area (Å²) in [5, 5.41) is 0. The second-order valence-electron chi connectivity index (χ2n) is 6.17. The summed E-state index contributed by atoms with van der Waals surface area (Å²) in [4.78, 5) is 28.3. The standard InChI is InChI=1S/C18H25FN2O2/c1-4-21(5-2)16(22)13-20(3)17(23)18(10-7-11-18)14-8-6-9-15(19)12-14/h6,8-9,12H,4-5,7,10-11,13H2,1-3H3. The molecule has 0 radical (unpaired) electrons. The number of hydrogen-bond acceptors (Lipinski definition) is 2. The zero-order valence-corrected chi connectivity index (χ0v) is 14.1. The minimum absolute atomic E-state index is 0.0560. The molecule has 1 fully saturated rings. The van der Waals surface area contributed by atoms with Gasteiger partial charge in [-0.3, -0.25) is 9.59 Å². The van der Waals surface area contributed by atoms with Crippen LogP contribution in [0.5, 0.6) is 0 Å². The van der Waals surface area contributed by atoms with E-state index in [-0.39, 0.29) is 24.2 Å². The Kier molecular flexibility index (Phi) is 5.39. The van der Waals surface area contributed by atoms with Gasteiger partial charge in [0.2, 0.25) is 11.8 Å². The van der Waals surface area contributed by atoms with Gasteiger partial charge in [0.25, 0.3) is 0 Å². The molecule has 0 atom stereocenters. The molecule has 0 aromatic heterocycles. The van der Waals surface area contributed by atoms with Crippen LogP contribution in [0.2, 0.25) is 0 Å². The molecule has 2 amide bonds. The maximum Gasteiger partial charge on any atom is 0.242 e. The first-order chi connectivity index (χ1) is 10.9. The highest BCUT2D eigenvalue weighted by atomic mass is 19.1. The van der Waals surface area contributed by atoms with Crippen LogP contribution >= 0.6 is 0 Å². The number of nitrogens with zero attached hydrogens (tertiary/aromatic N) is 2. The first-order valence-corrected chi connectivity index (χ1v) is 8.24. The van der Waals surface area contributed by atoms with Crippen molar-refractivity contribution in [2.75, 3.05) is 26.7 Å². The molecule has 126 valence electrons. The molecule has 2 rings (SSSR count). The Morgan fingerprint density at radius 2 is 1.87 bits per heavy atom. The monoisotopic (exact) mass is 320 g/mol. The molecule has 1 saturated carbocycles. The molecule has 1 aliphatic rings. The van der Waals surface area contributed by atoms with Gasteiger partial charge in [0.15, 0.2) is 0 Å². The predicted octanol–water partition coefficient (Wildman–Crippen LogP) is 2.57. The van der Waals surface area contributed by atoms with Crippen molar-refractivity contribution in [2.45, 2.75) is 38.5 Å². The van der Waals surface area contributed by atoms with Gasteiger partial charge in [-0.25, -0.2) is 4.39 Å². The summed E-state index contributed by atoms with van der Waals surface area (Å²) in [5.41, 5.74) is 0.0521. The van der Waals surface area contributed by atoms with Gasteiger partial charge in [0.05, 0.1) is 12.0 Å². The molecule has 1 aromatic rings. The van der Waals surface area contributed by atoms with E-state index in [0.717, 1.165) is 12.0 Å². The Bertz CT molecular complexity index is 580. The lowest BCUT2D eigenvalue weighted by Gasteiger charge is -2.43. The van der Waals surface area contributed by atoms with Crippen LogP contribution in [-0.2, 0) is 15.0 Å². The van der Waals surface area contributed by atoms with Crippen LogP contribution in [0.4, 0.5) is 4.39 Å². The van der Waals surface area contributed by atoms with Crippen LogP contribution in [-0.4, -0.2) is 48.3 Å². The van der Waals surface area contributed by atoms with Gasteiger partial charge in [-0.05, 0) is 44.4 Å². The van der Waals surface area contributed by atoms with Crippen molar-refractivity contribution in [3.8, 4) is 0 Å². The summed E-state index contributed by atoms with van der Waals surface area (Å²) in [6.45, 7) is 5.17. The number of likely N-dealkylation sites (N-methyl/N-ethyl adjacent to an activating group) is 2. The van der Waals surface area contributed by atoms with E-state index in [4.69, 9.17) is 0 Å². The molecule has 5 heteroatoms. The van der Waals surface area contributed by atoms with E-state index in [2.05, 4.69) is 0 Å². The first kappa shape index (κ1) is 17.4. The molecule has 23 heavy (non-hydrogen) atoms. The van der Waals surface area contributed by atoms with Crippen molar-refractivity contribution in [3.63, 3.8) is 0 Å². The lowest BCUT2D eigenvalue weighted by molar-refractivity contribution is -0.145. The number of hydrogen-bond donors (Lipinski definition) is 0. The Labute approximate surface area is 137 Å². The van der Waals surface area contributed by atoms with Gasteiger partial charge in [-0.15, -0.1) is 0 Å². The Morgan fingerprint density at radius 3 is 2.35 bits per heavy atom. The molecule has 1 aliphatic carbocycles. The predicted molar refractivity (Wildman–Crippen MR) is 87.5 cm³/mol. The van der Waals surface area contributed by atoms with Crippen molar-refractivity contribution in [1.82, 2.24) is 9.80 Å². The number of halogens is 1. The average molecular weight is 320 g/mol. The quantitative estimate of drug-likeness (QED) is 0.808. The van der Waals surface area contributed by atoms with Gasteiger partial charge >= 0.3 is 0 Å². The molecule has 0 heterocycles. The smallest absolute Gasteiger partial charge is 0.242 e. The zero-order chi connectivity index (χ0) is 17.0.